The molecule has 3 nitrogen and oxygen atoms in total. The quantitative estimate of drug-likeness (QED) is 0.845. The van der Waals surface area contributed by atoms with Crippen molar-refractivity contribution in [1.82, 2.24) is 0 Å². The van der Waals surface area contributed by atoms with Gasteiger partial charge in [0.1, 0.15) is 11.5 Å². The second-order valence-electron chi connectivity index (χ2n) is 5.51. The SMILES string of the molecule is CCC(N)Cc1cc(Br)ccc1N(C)Cc1ccc(C)o1. The van der Waals surface area contributed by atoms with Crippen molar-refractivity contribution in [3.8, 4) is 0 Å². The van der Waals surface area contributed by atoms with Crippen LogP contribution in [0.15, 0.2) is 39.2 Å². The van der Waals surface area contributed by atoms with E-state index in [1.54, 1.807) is 0 Å². The van der Waals surface area contributed by atoms with Gasteiger partial charge >= 0.3 is 0 Å². The molecule has 0 saturated carbocycles. The van der Waals surface area contributed by atoms with E-state index in [0.29, 0.717) is 0 Å². The first-order valence-electron chi connectivity index (χ1n) is 7.30. The molecule has 0 amide bonds. The first-order valence-corrected chi connectivity index (χ1v) is 8.09. The molecule has 114 valence electrons. The zero-order chi connectivity index (χ0) is 15.4. The van der Waals surface area contributed by atoms with Crippen LogP contribution in [0.4, 0.5) is 5.69 Å². The highest BCUT2D eigenvalue weighted by Crippen LogP contribution is 2.26. The molecule has 1 atom stereocenters. The number of nitrogens with zero attached hydrogens (tertiary/aromatic N) is 1. The maximum atomic E-state index is 6.13. The average molecular weight is 351 g/mol. The third kappa shape index (κ3) is 4.35. The number of aryl methyl sites for hydroxylation is 1. The number of hydrogen-bond donors (Lipinski definition) is 1. The lowest BCUT2D eigenvalue weighted by molar-refractivity contribution is 0.481. The lowest BCUT2D eigenvalue weighted by atomic mass is 10.0. The van der Waals surface area contributed by atoms with Crippen LogP contribution in [-0.4, -0.2) is 13.1 Å². The fourth-order valence-corrected chi connectivity index (χ4v) is 2.81. The smallest absolute Gasteiger partial charge is 0.123 e. The summed E-state index contributed by atoms with van der Waals surface area (Å²) in [6.45, 7) is 4.84. The van der Waals surface area contributed by atoms with Gasteiger partial charge in [-0.2, -0.15) is 0 Å². The summed E-state index contributed by atoms with van der Waals surface area (Å²) in [4.78, 5) is 2.21. The van der Waals surface area contributed by atoms with Crippen LogP contribution in [0, 0.1) is 6.92 Å². The largest absolute Gasteiger partial charge is 0.464 e. The second-order valence-corrected chi connectivity index (χ2v) is 6.43. The predicted octanol–water partition coefficient (Wildman–Crippen LogP) is 4.27. The molecule has 1 aromatic carbocycles. The van der Waals surface area contributed by atoms with E-state index >= 15 is 0 Å². The van der Waals surface area contributed by atoms with Gasteiger partial charge in [-0.3, -0.25) is 0 Å². The maximum Gasteiger partial charge on any atom is 0.123 e. The topological polar surface area (TPSA) is 42.4 Å². The van der Waals surface area contributed by atoms with Gasteiger partial charge in [0.15, 0.2) is 0 Å². The molecule has 0 bridgehead atoms. The molecule has 2 rings (SSSR count). The molecule has 0 radical (unpaired) electrons. The molecule has 0 spiro atoms. The zero-order valence-electron chi connectivity index (χ0n) is 12.9. The van der Waals surface area contributed by atoms with Crippen LogP contribution >= 0.6 is 15.9 Å². The molecule has 4 heteroatoms. The summed E-state index contributed by atoms with van der Waals surface area (Å²) in [6, 6.07) is 10.6. The molecule has 2 aromatic rings. The van der Waals surface area contributed by atoms with Gasteiger partial charge in [-0.15, -0.1) is 0 Å². The molecular formula is C17H23BrN2O. The molecule has 2 N–H and O–H groups in total. The van der Waals surface area contributed by atoms with Crippen molar-refractivity contribution in [1.29, 1.82) is 0 Å². The van der Waals surface area contributed by atoms with E-state index in [4.69, 9.17) is 10.2 Å². The summed E-state index contributed by atoms with van der Waals surface area (Å²) in [5.74, 6) is 1.92. The van der Waals surface area contributed by atoms with Crippen LogP contribution in [0.2, 0.25) is 0 Å². The second kappa shape index (κ2) is 7.14. The van der Waals surface area contributed by atoms with Gasteiger partial charge in [-0.05, 0) is 55.7 Å². The molecule has 1 heterocycles. The monoisotopic (exact) mass is 350 g/mol. The third-order valence-corrected chi connectivity index (χ3v) is 4.14. The average Bonchev–Trinajstić information content (AvgIpc) is 2.84. The number of hydrogen-bond acceptors (Lipinski definition) is 3. The lowest BCUT2D eigenvalue weighted by Gasteiger charge is -2.23. The molecule has 0 aliphatic heterocycles. The van der Waals surface area contributed by atoms with Gasteiger partial charge in [0, 0.05) is 23.2 Å². The third-order valence-electron chi connectivity index (χ3n) is 3.65. The highest BCUT2D eigenvalue weighted by molar-refractivity contribution is 9.10. The number of benzene rings is 1. The fraction of sp³-hybridized carbons (Fsp3) is 0.412. The number of rotatable bonds is 6. The number of anilines is 1. The van der Waals surface area contributed by atoms with Crippen molar-refractivity contribution in [3.63, 3.8) is 0 Å². The van der Waals surface area contributed by atoms with Crippen LogP contribution in [-0.2, 0) is 13.0 Å². The Morgan fingerprint density at radius 1 is 1.29 bits per heavy atom. The highest BCUT2D eigenvalue weighted by atomic mass is 79.9. The Hall–Kier alpha value is -1.26. The molecule has 21 heavy (non-hydrogen) atoms. The van der Waals surface area contributed by atoms with E-state index in [1.165, 1.54) is 11.3 Å². The molecule has 0 fully saturated rings. The Bertz CT molecular complexity index is 594. The summed E-state index contributed by atoms with van der Waals surface area (Å²) in [5, 5.41) is 0. The Kier molecular flexibility index (Phi) is 5.48. The van der Waals surface area contributed by atoms with Gasteiger partial charge in [-0.1, -0.05) is 22.9 Å². The van der Waals surface area contributed by atoms with Crippen LogP contribution in [0.3, 0.4) is 0 Å². The van der Waals surface area contributed by atoms with E-state index in [9.17, 15) is 0 Å². The summed E-state index contributed by atoms with van der Waals surface area (Å²) in [5.41, 5.74) is 8.60. The van der Waals surface area contributed by atoms with E-state index in [1.807, 2.05) is 19.1 Å². The minimum Gasteiger partial charge on any atom is -0.464 e. The van der Waals surface area contributed by atoms with E-state index in [2.05, 4.69) is 53.0 Å². The Labute approximate surface area is 135 Å². The number of furan rings is 1. The van der Waals surface area contributed by atoms with Gasteiger partial charge in [0.05, 0.1) is 6.54 Å². The minimum atomic E-state index is 0.192. The van der Waals surface area contributed by atoms with Crippen molar-refractivity contribution >= 4 is 21.6 Å². The Morgan fingerprint density at radius 3 is 2.67 bits per heavy atom. The summed E-state index contributed by atoms with van der Waals surface area (Å²) in [6.07, 6.45) is 1.86. The molecule has 0 aliphatic carbocycles. The fourth-order valence-electron chi connectivity index (χ4n) is 2.41. The van der Waals surface area contributed by atoms with Crippen molar-refractivity contribution in [2.75, 3.05) is 11.9 Å². The van der Waals surface area contributed by atoms with Crippen LogP contribution in [0.5, 0.6) is 0 Å². The predicted molar refractivity (Wildman–Crippen MR) is 91.7 cm³/mol. The molecule has 1 unspecified atom stereocenters. The van der Waals surface area contributed by atoms with Gasteiger partial charge < -0.3 is 15.1 Å². The standard InChI is InChI=1S/C17H23BrN2O/c1-4-15(19)10-13-9-14(18)6-8-17(13)20(3)11-16-7-5-12(2)21-16/h5-9,15H,4,10-11,19H2,1-3H3. The maximum absolute atomic E-state index is 6.13. The summed E-state index contributed by atoms with van der Waals surface area (Å²) in [7, 11) is 2.09. The Balaban J connectivity index is 2.20. The van der Waals surface area contributed by atoms with Gasteiger partial charge in [0.2, 0.25) is 0 Å². The van der Waals surface area contributed by atoms with Crippen molar-refractivity contribution in [3.05, 3.63) is 51.9 Å². The number of nitrogens with two attached hydrogens (primary N) is 1. The van der Waals surface area contributed by atoms with Crippen molar-refractivity contribution in [2.24, 2.45) is 5.73 Å². The van der Waals surface area contributed by atoms with Gasteiger partial charge in [0.25, 0.3) is 0 Å². The van der Waals surface area contributed by atoms with E-state index in [0.717, 1.165) is 35.4 Å². The minimum absolute atomic E-state index is 0.192. The summed E-state index contributed by atoms with van der Waals surface area (Å²) >= 11 is 3.55. The molecule has 0 aliphatic rings. The van der Waals surface area contributed by atoms with Crippen LogP contribution in [0.25, 0.3) is 0 Å². The van der Waals surface area contributed by atoms with Gasteiger partial charge in [-0.25, -0.2) is 0 Å². The van der Waals surface area contributed by atoms with Crippen molar-refractivity contribution in [2.45, 2.75) is 39.3 Å². The van der Waals surface area contributed by atoms with Crippen LogP contribution < -0.4 is 10.6 Å². The highest BCUT2D eigenvalue weighted by Gasteiger charge is 2.12. The zero-order valence-corrected chi connectivity index (χ0v) is 14.5. The van der Waals surface area contributed by atoms with E-state index in [-0.39, 0.29) is 6.04 Å². The van der Waals surface area contributed by atoms with Crippen LogP contribution in [0.1, 0.15) is 30.4 Å². The lowest BCUT2D eigenvalue weighted by Crippen LogP contribution is -2.24. The normalized spacial score (nSPS) is 12.4. The first kappa shape index (κ1) is 16.1. The first-order chi connectivity index (χ1) is 9.99. The molecular weight excluding hydrogens is 328 g/mol. The van der Waals surface area contributed by atoms with E-state index < -0.39 is 0 Å². The molecule has 1 aromatic heterocycles. The van der Waals surface area contributed by atoms with Crippen molar-refractivity contribution < 1.29 is 4.42 Å². The summed E-state index contributed by atoms with van der Waals surface area (Å²) < 4.78 is 6.76. The molecule has 0 saturated heterocycles. The Morgan fingerprint density at radius 2 is 2.05 bits per heavy atom. The number of halogens is 1.